The molecular weight excluding hydrogens is 308 g/mol. The molecule has 0 bridgehead atoms. The summed E-state index contributed by atoms with van der Waals surface area (Å²) < 4.78 is 7.21. The topological polar surface area (TPSA) is 98.7 Å². The van der Waals surface area contributed by atoms with Gasteiger partial charge < -0.3 is 14.4 Å². The van der Waals surface area contributed by atoms with Crippen molar-refractivity contribution in [3.63, 3.8) is 0 Å². The Bertz CT molecular complexity index is 693. The maximum absolute atomic E-state index is 12.1. The molecule has 0 spiro atoms. The average molecular weight is 332 g/mol. The Hall–Kier alpha value is -2.25. The number of aryl methyl sites for hydroxylation is 3. The third kappa shape index (κ3) is 3.98. The Morgan fingerprint density at radius 3 is 3.00 bits per heavy atom. The number of aromatic nitrogens is 5. The molecule has 1 atom stereocenters. The molecule has 3 heterocycles. The largest absolute Gasteiger partial charge is 0.346 e. The molecule has 2 aromatic rings. The van der Waals surface area contributed by atoms with Crippen LogP contribution in [-0.2, 0) is 24.2 Å². The summed E-state index contributed by atoms with van der Waals surface area (Å²) in [5, 5.41) is 15.3. The molecule has 0 saturated heterocycles. The molecular formula is C16H24N6O2. The van der Waals surface area contributed by atoms with Gasteiger partial charge in [0, 0.05) is 25.8 Å². The van der Waals surface area contributed by atoms with E-state index in [1.165, 1.54) is 6.42 Å². The Morgan fingerprint density at radius 2 is 2.21 bits per heavy atom. The van der Waals surface area contributed by atoms with E-state index in [0.717, 1.165) is 37.5 Å². The number of hydrogen-bond acceptors (Lipinski definition) is 6. The van der Waals surface area contributed by atoms with Crippen molar-refractivity contribution in [2.24, 2.45) is 0 Å². The van der Waals surface area contributed by atoms with Crippen molar-refractivity contribution < 1.29 is 9.32 Å². The molecule has 8 nitrogen and oxygen atoms in total. The summed E-state index contributed by atoms with van der Waals surface area (Å²) in [6.45, 7) is 4.68. The van der Waals surface area contributed by atoms with Crippen LogP contribution in [0.15, 0.2) is 4.52 Å². The Labute approximate surface area is 141 Å². The molecule has 0 aliphatic carbocycles. The zero-order valence-corrected chi connectivity index (χ0v) is 14.3. The van der Waals surface area contributed by atoms with Crippen molar-refractivity contribution in [2.75, 3.05) is 0 Å². The second-order valence-corrected chi connectivity index (χ2v) is 6.31. The van der Waals surface area contributed by atoms with E-state index < -0.39 is 0 Å². The van der Waals surface area contributed by atoms with E-state index in [1.807, 2.05) is 6.92 Å². The molecule has 1 aliphatic rings. The van der Waals surface area contributed by atoms with Gasteiger partial charge in [-0.05, 0) is 33.1 Å². The van der Waals surface area contributed by atoms with Crippen LogP contribution in [0.1, 0.15) is 68.4 Å². The van der Waals surface area contributed by atoms with Gasteiger partial charge in [0.1, 0.15) is 5.82 Å². The molecule has 1 aliphatic heterocycles. The first kappa shape index (κ1) is 16.6. The molecule has 0 unspecified atom stereocenters. The summed E-state index contributed by atoms with van der Waals surface area (Å²) in [5.74, 6) is 3.10. The van der Waals surface area contributed by atoms with Crippen molar-refractivity contribution in [1.82, 2.24) is 30.2 Å². The minimum atomic E-state index is -0.137. The maximum atomic E-state index is 12.1. The normalized spacial score (nSPS) is 15.6. The summed E-state index contributed by atoms with van der Waals surface area (Å²) in [7, 11) is 0. The van der Waals surface area contributed by atoms with Crippen LogP contribution in [0.2, 0.25) is 0 Å². The molecule has 1 amide bonds. The number of nitrogens with zero attached hydrogens (tertiary/aromatic N) is 5. The van der Waals surface area contributed by atoms with E-state index in [9.17, 15) is 4.79 Å². The number of hydrogen-bond donors (Lipinski definition) is 1. The molecule has 3 rings (SSSR count). The number of carbonyl (C=O) groups excluding carboxylic acids is 1. The van der Waals surface area contributed by atoms with Gasteiger partial charge in [-0.25, -0.2) is 0 Å². The monoisotopic (exact) mass is 332 g/mol. The number of amides is 1. The van der Waals surface area contributed by atoms with Gasteiger partial charge in [-0.3, -0.25) is 4.79 Å². The lowest BCUT2D eigenvalue weighted by Gasteiger charge is -2.15. The van der Waals surface area contributed by atoms with Gasteiger partial charge in [0.05, 0.1) is 6.04 Å². The first-order chi connectivity index (χ1) is 11.6. The maximum Gasteiger partial charge on any atom is 0.226 e. The minimum absolute atomic E-state index is 0.00436. The van der Waals surface area contributed by atoms with Crippen LogP contribution in [0, 0.1) is 6.92 Å². The number of fused-ring (bicyclic) bond motifs is 1. The second-order valence-electron chi connectivity index (χ2n) is 6.31. The molecule has 0 radical (unpaired) electrons. The van der Waals surface area contributed by atoms with Crippen molar-refractivity contribution in [3.8, 4) is 0 Å². The molecule has 8 heteroatoms. The molecule has 24 heavy (non-hydrogen) atoms. The lowest BCUT2D eigenvalue weighted by molar-refractivity contribution is -0.121. The number of carbonyl (C=O) groups is 1. The van der Waals surface area contributed by atoms with E-state index in [2.05, 4.69) is 30.2 Å². The fourth-order valence-electron chi connectivity index (χ4n) is 3.05. The van der Waals surface area contributed by atoms with Gasteiger partial charge >= 0.3 is 0 Å². The highest BCUT2D eigenvalue weighted by Gasteiger charge is 2.20. The first-order valence-corrected chi connectivity index (χ1v) is 8.64. The van der Waals surface area contributed by atoms with E-state index in [0.29, 0.717) is 31.0 Å². The van der Waals surface area contributed by atoms with Crippen LogP contribution in [0.4, 0.5) is 0 Å². The number of nitrogens with one attached hydrogen (secondary N) is 1. The lowest BCUT2D eigenvalue weighted by atomic mass is 10.2. The van der Waals surface area contributed by atoms with E-state index in [-0.39, 0.29) is 11.9 Å². The van der Waals surface area contributed by atoms with Gasteiger partial charge in [-0.1, -0.05) is 11.6 Å². The highest BCUT2D eigenvalue weighted by molar-refractivity contribution is 5.76. The van der Waals surface area contributed by atoms with E-state index in [1.54, 1.807) is 6.92 Å². The summed E-state index contributed by atoms with van der Waals surface area (Å²) in [5.41, 5.74) is 0. The minimum Gasteiger partial charge on any atom is -0.346 e. The van der Waals surface area contributed by atoms with Crippen molar-refractivity contribution in [1.29, 1.82) is 0 Å². The molecule has 0 fully saturated rings. The number of rotatable bonds is 6. The van der Waals surface area contributed by atoms with Gasteiger partial charge in [0.25, 0.3) is 0 Å². The highest BCUT2D eigenvalue weighted by atomic mass is 16.5. The fourth-order valence-corrected chi connectivity index (χ4v) is 3.05. The summed E-state index contributed by atoms with van der Waals surface area (Å²) in [4.78, 5) is 16.3. The first-order valence-electron chi connectivity index (χ1n) is 8.64. The zero-order chi connectivity index (χ0) is 16.9. The molecule has 0 aromatic carbocycles. The van der Waals surface area contributed by atoms with Crippen LogP contribution in [-0.4, -0.2) is 30.8 Å². The second kappa shape index (κ2) is 7.55. The Kier molecular flexibility index (Phi) is 5.22. The van der Waals surface area contributed by atoms with Crippen molar-refractivity contribution >= 4 is 5.91 Å². The summed E-state index contributed by atoms with van der Waals surface area (Å²) in [6, 6.07) is -0.137. The lowest BCUT2D eigenvalue weighted by Crippen LogP contribution is -2.28. The third-order valence-electron chi connectivity index (χ3n) is 4.27. The predicted molar refractivity (Wildman–Crippen MR) is 86.1 cm³/mol. The van der Waals surface area contributed by atoms with E-state index >= 15 is 0 Å². The fraction of sp³-hybridized carbons (Fsp3) is 0.688. The van der Waals surface area contributed by atoms with Crippen LogP contribution >= 0.6 is 0 Å². The van der Waals surface area contributed by atoms with Gasteiger partial charge in [-0.15, -0.1) is 10.2 Å². The zero-order valence-electron chi connectivity index (χ0n) is 14.3. The van der Waals surface area contributed by atoms with Crippen LogP contribution in [0.3, 0.4) is 0 Å². The SMILES string of the molecule is Cc1noc(CCCC(=O)N[C@@H](C)c2nnc3n2CCCCC3)n1. The van der Waals surface area contributed by atoms with Gasteiger partial charge in [-0.2, -0.15) is 4.98 Å². The molecule has 0 saturated carbocycles. The van der Waals surface area contributed by atoms with Crippen molar-refractivity contribution in [2.45, 2.75) is 71.4 Å². The standard InChI is InChI=1S/C16H24N6O2/c1-11(16-20-19-13-7-4-3-5-10-22(13)16)17-14(23)8-6-9-15-18-12(2)21-24-15/h11H,3-10H2,1-2H3,(H,17,23)/t11-/m0/s1. The predicted octanol–water partition coefficient (Wildman–Crippen LogP) is 1.90. The van der Waals surface area contributed by atoms with Crippen LogP contribution < -0.4 is 5.32 Å². The van der Waals surface area contributed by atoms with Gasteiger partial charge in [0.2, 0.25) is 11.8 Å². The molecule has 130 valence electrons. The Morgan fingerprint density at radius 1 is 1.33 bits per heavy atom. The van der Waals surface area contributed by atoms with Crippen LogP contribution in [0.25, 0.3) is 0 Å². The van der Waals surface area contributed by atoms with Gasteiger partial charge in [0.15, 0.2) is 11.6 Å². The average Bonchev–Trinajstić information content (AvgIpc) is 3.07. The molecule has 1 N–H and O–H groups in total. The van der Waals surface area contributed by atoms with Crippen LogP contribution in [0.5, 0.6) is 0 Å². The third-order valence-corrected chi connectivity index (χ3v) is 4.27. The molecule has 2 aromatic heterocycles. The summed E-state index contributed by atoms with van der Waals surface area (Å²) >= 11 is 0. The van der Waals surface area contributed by atoms with E-state index in [4.69, 9.17) is 4.52 Å². The van der Waals surface area contributed by atoms with Crippen molar-refractivity contribution in [3.05, 3.63) is 23.4 Å². The Balaban J connectivity index is 1.50. The summed E-state index contributed by atoms with van der Waals surface area (Å²) in [6.07, 6.45) is 6.21. The smallest absolute Gasteiger partial charge is 0.226 e. The highest BCUT2D eigenvalue weighted by Crippen LogP contribution is 2.18. The quantitative estimate of drug-likeness (QED) is 0.867.